The summed E-state index contributed by atoms with van der Waals surface area (Å²) in [6, 6.07) is 16.6. The second kappa shape index (κ2) is 8.71. The van der Waals surface area contributed by atoms with Crippen molar-refractivity contribution in [2.75, 3.05) is 13.2 Å². The highest BCUT2D eigenvalue weighted by Gasteiger charge is 2.28. The molecule has 0 bridgehead atoms. The van der Waals surface area contributed by atoms with E-state index in [0.717, 1.165) is 0 Å². The van der Waals surface area contributed by atoms with Crippen molar-refractivity contribution in [1.29, 1.82) is 0 Å². The quantitative estimate of drug-likeness (QED) is 0.732. The zero-order valence-electron chi connectivity index (χ0n) is 15.8. The molecule has 0 aliphatic heterocycles. The van der Waals surface area contributed by atoms with Gasteiger partial charge >= 0.3 is 6.09 Å². The first-order chi connectivity index (χ1) is 13.1. The van der Waals surface area contributed by atoms with E-state index in [2.05, 4.69) is 34.9 Å². The minimum absolute atomic E-state index is 0.000614. The molecule has 1 aliphatic rings. The van der Waals surface area contributed by atoms with E-state index >= 15 is 0 Å². The molecule has 0 unspecified atom stereocenters. The van der Waals surface area contributed by atoms with Crippen LogP contribution in [0.2, 0.25) is 0 Å². The Balaban J connectivity index is 1.49. The zero-order valence-corrected chi connectivity index (χ0v) is 15.8. The average molecular weight is 366 g/mol. The van der Waals surface area contributed by atoms with Gasteiger partial charge in [-0.2, -0.15) is 0 Å². The Hall–Kier alpha value is -2.82. The Kier molecular flexibility index (Phi) is 6.12. The molecule has 142 valence electrons. The van der Waals surface area contributed by atoms with Crippen molar-refractivity contribution in [2.24, 2.45) is 0 Å². The predicted octanol–water partition coefficient (Wildman–Crippen LogP) is 3.83. The fourth-order valence-electron chi connectivity index (χ4n) is 3.48. The van der Waals surface area contributed by atoms with Gasteiger partial charge in [0, 0.05) is 24.9 Å². The molecule has 2 amide bonds. The molecule has 0 atom stereocenters. The van der Waals surface area contributed by atoms with Crippen molar-refractivity contribution in [3.8, 4) is 11.1 Å². The van der Waals surface area contributed by atoms with Gasteiger partial charge in [-0.15, -0.1) is 0 Å². The molecule has 0 radical (unpaired) electrons. The molecule has 0 fully saturated rings. The lowest BCUT2D eigenvalue weighted by molar-refractivity contribution is -0.121. The summed E-state index contributed by atoms with van der Waals surface area (Å²) in [4.78, 5) is 23.6. The van der Waals surface area contributed by atoms with Gasteiger partial charge in [-0.25, -0.2) is 4.79 Å². The third-order valence-corrected chi connectivity index (χ3v) is 4.64. The van der Waals surface area contributed by atoms with Gasteiger partial charge in [0.15, 0.2) is 0 Å². The normalized spacial score (nSPS) is 12.4. The standard InChI is InChI=1S/C22H26N2O3/c1-15(2)24-21(25)12-7-13-23-22(26)27-14-20-18-10-5-3-8-16(18)17-9-4-6-11-19(17)20/h3-6,8-11,15,20H,7,12-14H2,1-2H3,(H,23,26)(H,24,25). The monoisotopic (exact) mass is 366 g/mol. The van der Waals surface area contributed by atoms with Crippen molar-refractivity contribution in [3.05, 3.63) is 59.7 Å². The van der Waals surface area contributed by atoms with Gasteiger partial charge in [0.1, 0.15) is 6.61 Å². The lowest BCUT2D eigenvalue weighted by atomic mass is 9.98. The maximum atomic E-state index is 12.0. The van der Waals surface area contributed by atoms with Crippen LogP contribution in [0.1, 0.15) is 43.7 Å². The van der Waals surface area contributed by atoms with Crippen LogP contribution < -0.4 is 10.6 Å². The van der Waals surface area contributed by atoms with Crippen LogP contribution in [0.15, 0.2) is 48.5 Å². The number of fused-ring (bicyclic) bond motifs is 3. The van der Waals surface area contributed by atoms with Crippen LogP contribution in [0, 0.1) is 0 Å². The third-order valence-electron chi connectivity index (χ3n) is 4.64. The molecule has 2 aromatic rings. The Morgan fingerprint density at radius 2 is 1.59 bits per heavy atom. The van der Waals surface area contributed by atoms with E-state index in [1.165, 1.54) is 22.3 Å². The topological polar surface area (TPSA) is 67.4 Å². The number of carbonyl (C=O) groups excluding carboxylic acids is 2. The summed E-state index contributed by atoms with van der Waals surface area (Å²) < 4.78 is 5.46. The number of ether oxygens (including phenoxy) is 1. The third kappa shape index (κ3) is 4.67. The molecule has 5 nitrogen and oxygen atoms in total. The molecule has 0 saturated carbocycles. The number of hydrogen-bond donors (Lipinski definition) is 2. The van der Waals surface area contributed by atoms with Crippen LogP contribution in [0.4, 0.5) is 4.79 Å². The second-order valence-corrected chi connectivity index (χ2v) is 7.08. The molecule has 1 aliphatic carbocycles. The fourth-order valence-corrected chi connectivity index (χ4v) is 3.48. The molecule has 0 heterocycles. The molecule has 0 spiro atoms. The van der Waals surface area contributed by atoms with E-state index in [9.17, 15) is 9.59 Å². The summed E-state index contributed by atoms with van der Waals surface area (Å²) in [6.07, 6.45) is 0.533. The first kappa shape index (κ1) is 19.0. The Morgan fingerprint density at radius 1 is 1.00 bits per heavy atom. The van der Waals surface area contributed by atoms with Crippen molar-refractivity contribution in [1.82, 2.24) is 10.6 Å². The van der Waals surface area contributed by atoms with Crippen molar-refractivity contribution in [3.63, 3.8) is 0 Å². The van der Waals surface area contributed by atoms with Gasteiger partial charge in [-0.3, -0.25) is 4.79 Å². The zero-order chi connectivity index (χ0) is 19.2. The van der Waals surface area contributed by atoms with Crippen molar-refractivity contribution in [2.45, 2.75) is 38.6 Å². The highest BCUT2D eigenvalue weighted by Crippen LogP contribution is 2.44. The van der Waals surface area contributed by atoms with Crippen LogP contribution >= 0.6 is 0 Å². The molecule has 3 rings (SSSR count). The number of rotatable bonds is 7. The lowest BCUT2D eigenvalue weighted by Gasteiger charge is -2.14. The lowest BCUT2D eigenvalue weighted by Crippen LogP contribution is -2.31. The number of hydrogen-bond acceptors (Lipinski definition) is 3. The highest BCUT2D eigenvalue weighted by molar-refractivity contribution is 5.79. The van der Waals surface area contributed by atoms with Crippen molar-refractivity contribution < 1.29 is 14.3 Å². The Labute approximate surface area is 160 Å². The number of amides is 2. The van der Waals surface area contributed by atoms with E-state index < -0.39 is 6.09 Å². The van der Waals surface area contributed by atoms with Crippen LogP contribution in [-0.4, -0.2) is 31.2 Å². The maximum absolute atomic E-state index is 12.0. The molecule has 2 N–H and O–H groups in total. The van der Waals surface area contributed by atoms with Gasteiger partial charge in [-0.05, 0) is 42.5 Å². The molecule has 0 aromatic heterocycles. The summed E-state index contributed by atoms with van der Waals surface area (Å²) in [5, 5.41) is 5.55. The van der Waals surface area contributed by atoms with Crippen LogP contribution in [-0.2, 0) is 9.53 Å². The molecular formula is C22H26N2O3. The predicted molar refractivity (Wildman–Crippen MR) is 106 cm³/mol. The minimum Gasteiger partial charge on any atom is -0.449 e. The second-order valence-electron chi connectivity index (χ2n) is 7.08. The number of carbonyl (C=O) groups is 2. The summed E-state index contributed by atoms with van der Waals surface area (Å²) in [7, 11) is 0. The van der Waals surface area contributed by atoms with Crippen molar-refractivity contribution >= 4 is 12.0 Å². The van der Waals surface area contributed by atoms with Crippen LogP contribution in [0.25, 0.3) is 11.1 Å². The first-order valence-electron chi connectivity index (χ1n) is 9.44. The summed E-state index contributed by atoms with van der Waals surface area (Å²) in [5.74, 6) is 0.0549. The van der Waals surface area contributed by atoms with E-state index in [1.807, 2.05) is 38.1 Å². The van der Waals surface area contributed by atoms with Crippen LogP contribution in [0.3, 0.4) is 0 Å². The number of benzene rings is 2. The average Bonchev–Trinajstić information content (AvgIpc) is 2.97. The number of alkyl carbamates (subject to hydrolysis) is 1. The van der Waals surface area contributed by atoms with Gasteiger partial charge in [0.25, 0.3) is 0 Å². The van der Waals surface area contributed by atoms with Gasteiger partial charge in [0.05, 0.1) is 0 Å². The minimum atomic E-state index is -0.443. The number of nitrogens with one attached hydrogen (secondary N) is 2. The molecule has 5 heteroatoms. The smallest absolute Gasteiger partial charge is 0.407 e. The fraction of sp³-hybridized carbons (Fsp3) is 0.364. The Bertz CT molecular complexity index is 771. The van der Waals surface area contributed by atoms with E-state index in [0.29, 0.717) is 26.0 Å². The molecule has 27 heavy (non-hydrogen) atoms. The largest absolute Gasteiger partial charge is 0.449 e. The van der Waals surface area contributed by atoms with Gasteiger partial charge in [0.2, 0.25) is 5.91 Å². The maximum Gasteiger partial charge on any atom is 0.407 e. The SMILES string of the molecule is CC(C)NC(=O)CCCNC(=O)OCC1c2ccccc2-c2ccccc21. The summed E-state index contributed by atoms with van der Waals surface area (Å²) >= 11 is 0. The molecular weight excluding hydrogens is 340 g/mol. The summed E-state index contributed by atoms with van der Waals surface area (Å²) in [5.41, 5.74) is 4.80. The van der Waals surface area contributed by atoms with Gasteiger partial charge < -0.3 is 15.4 Å². The highest BCUT2D eigenvalue weighted by atomic mass is 16.5. The van der Waals surface area contributed by atoms with E-state index in [1.54, 1.807) is 0 Å². The van der Waals surface area contributed by atoms with Gasteiger partial charge in [-0.1, -0.05) is 48.5 Å². The van der Waals surface area contributed by atoms with E-state index in [-0.39, 0.29) is 17.9 Å². The Morgan fingerprint density at radius 3 is 2.19 bits per heavy atom. The summed E-state index contributed by atoms with van der Waals surface area (Å²) in [6.45, 7) is 4.57. The van der Waals surface area contributed by atoms with Crippen LogP contribution in [0.5, 0.6) is 0 Å². The molecule has 0 saturated heterocycles. The molecule has 2 aromatic carbocycles. The van der Waals surface area contributed by atoms with E-state index in [4.69, 9.17) is 4.74 Å². The first-order valence-corrected chi connectivity index (χ1v) is 9.44.